The zero-order valence-electron chi connectivity index (χ0n) is 16.0. The fourth-order valence-electron chi connectivity index (χ4n) is 1.82. The highest BCUT2D eigenvalue weighted by Gasteiger charge is 2.23. The van der Waals surface area contributed by atoms with Crippen LogP contribution in [0.5, 0.6) is 0 Å². The summed E-state index contributed by atoms with van der Waals surface area (Å²) >= 11 is 0. The molecule has 6 nitrogen and oxygen atoms in total. The van der Waals surface area contributed by atoms with Crippen LogP contribution in [0, 0.1) is 0 Å². The van der Waals surface area contributed by atoms with Crippen LogP contribution in [0.15, 0.2) is 17.6 Å². The van der Waals surface area contributed by atoms with E-state index in [2.05, 4.69) is 22.2 Å². The van der Waals surface area contributed by atoms with E-state index in [0.717, 1.165) is 18.9 Å². The van der Waals surface area contributed by atoms with Gasteiger partial charge in [0.15, 0.2) is 5.96 Å². The first-order chi connectivity index (χ1) is 10.7. The second-order valence-corrected chi connectivity index (χ2v) is 6.55. The van der Waals surface area contributed by atoms with E-state index in [9.17, 15) is 4.79 Å². The number of aliphatic imine (C=N–C) groups is 1. The van der Waals surface area contributed by atoms with E-state index in [0.29, 0.717) is 19.6 Å². The summed E-state index contributed by atoms with van der Waals surface area (Å²) in [5, 5.41) is 6.32. The molecule has 24 heavy (non-hydrogen) atoms. The number of ether oxygens (including phenoxy) is 1. The zero-order chi connectivity index (χ0) is 17.9. The van der Waals surface area contributed by atoms with Gasteiger partial charge in [-0.05, 0) is 48.0 Å². The maximum atomic E-state index is 12.2. The highest BCUT2D eigenvalue weighted by Crippen LogP contribution is 2.12. The molecular weight excluding hydrogens is 419 g/mol. The molecule has 0 unspecified atom stereocenters. The molecular formula is C17H35IN4O2. The van der Waals surface area contributed by atoms with Crippen molar-refractivity contribution in [3.63, 3.8) is 0 Å². The molecule has 0 radical (unpaired) electrons. The Morgan fingerprint density at radius 1 is 1.33 bits per heavy atom. The van der Waals surface area contributed by atoms with E-state index in [1.54, 1.807) is 11.0 Å². The molecule has 0 saturated heterocycles. The Kier molecular flexibility index (Phi) is 14.0. The predicted molar refractivity (Wildman–Crippen MR) is 112 cm³/mol. The van der Waals surface area contributed by atoms with Gasteiger partial charge < -0.3 is 20.3 Å². The normalized spacial score (nSPS) is 11.5. The monoisotopic (exact) mass is 454 g/mol. The molecule has 0 aromatic carbocycles. The minimum atomic E-state index is -0.477. The Bertz CT molecular complexity index is 393. The second kappa shape index (κ2) is 13.3. The summed E-state index contributed by atoms with van der Waals surface area (Å²) in [6.45, 7) is 18.0. The standard InChI is InChI=1S/C17H34N4O2.HI/c1-8-11-19-15(18-9-2)20-12-10-13-21(14(3)4)16(22)23-17(5,6)7;/h8,14H,1,9-13H2,2-7H3,(H2,18,19,20);1H. The third kappa shape index (κ3) is 12.4. The number of amides is 1. The van der Waals surface area contributed by atoms with Crippen molar-refractivity contribution in [2.75, 3.05) is 26.2 Å². The number of carbonyl (C=O) groups is 1. The molecule has 0 aliphatic heterocycles. The largest absolute Gasteiger partial charge is 0.444 e. The van der Waals surface area contributed by atoms with Crippen molar-refractivity contribution in [3.05, 3.63) is 12.7 Å². The minimum absolute atomic E-state index is 0. The summed E-state index contributed by atoms with van der Waals surface area (Å²) in [5.74, 6) is 0.765. The molecule has 7 heteroatoms. The predicted octanol–water partition coefficient (Wildman–Crippen LogP) is 3.38. The fourth-order valence-corrected chi connectivity index (χ4v) is 1.82. The van der Waals surface area contributed by atoms with Gasteiger partial charge in [-0.15, -0.1) is 30.6 Å². The quantitative estimate of drug-likeness (QED) is 0.194. The van der Waals surface area contributed by atoms with Crippen LogP contribution in [0.4, 0.5) is 4.79 Å². The summed E-state index contributed by atoms with van der Waals surface area (Å²) in [6, 6.07) is 0.0981. The molecule has 1 amide bonds. The number of hydrogen-bond donors (Lipinski definition) is 2. The minimum Gasteiger partial charge on any atom is -0.444 e. The molecule has 0 heterocycles. The van der Waals surface area contributed by atoms with Crippen molar-refractivity contribution in [1.82, 2.24) is 15.5 Å². The Morgan fingerprint density at radius 3 is 2.42 bits per heavy atom. The molecule has 0 fully saturated rings. The van der Waals surface area contributed by atoms with Gasteiger partial charge in [-0.1, -0.05) is 6.08 Å². The summed E-state index contributed by atoms with van der Waals surface area (Å²) in [4.78, 5) is 18.4. The van der Waals surface area contributed by atoms with Crippen molar-refractivity contribution in [2.24, 2.45) is 4.99 Å². The molecule has 0 aromatic heterocycles. The summed E-state index contributed by atoms with van der Waals surface area (Å²) in [7, 11) is 0. The molecule has 0 saturated carbocycles. The van der Waals surface area contributed by atoms with Crippen molar-refractivity contribution in [1.29, 1.82) is 0 Å². The first-order valence-electron chi connectivity index (χ1n) is 8.34. The lowest BCUT2D eigenvalue weighted by Crippen LogP contribution is -2.41. The van der Waals surface area contributed by atoms with E-state index in [4.69, 9.17) is 4.74 Å². The summed E-state index contributed by atoms with van der Waals surface area (Å²) in [5.41, 5.74) is -0.477. The van der Waals surface area contributed by atoms with Crippen LogP contribution in [0.3, 0.4) is 0 Å². The lowest BCUT2D eigenvalue weighted by Gasteiger charge is -2.30. The number of carbonyl (C=O) groups excluding carboxylic acids is 1. The first-order valence-corrected chi connectivity index (χ1v) is 8.34. The van der Waals surface area contributed by atoms with E-state index in [1.807, 2.05) is 41.5 Å². The number of nitrogens with zero attached hydrogens (tertiary/aromatic N) is 2. The Labute approximate surface area is 164 Å². The van der Waals surface area contributed by atoms with Crippen molar-refractivity contribution < 1.29 is 9.53 Å². The van der Waals surface area contributed by atoms with Crippen LogP contribution >= 0.6 is 24.0 Å². The molecule has 2 N–H and O–H groups in total. The number of halogens is 1. The van der Waals surface area contributed by atoms with Crippen LogP contribution in [-0.4, -0.2) is 54.8 Å². The van der Waals surface area contributed by atoms with Crippen LogP contribution in [0.25, 0.3) is 0 Å². The van der Waals surface area contributed by atoms with Gasteiger partial charge >= 0.3 is 6.09 Å². The molecule has 0 bridgehead atoms. The average Bonchev–Trinajstić information content (AvgIpc) is 2.41. The fraction of sp³-hybridized carbons (Fsp3) is 0.765. The summed E-state index contributed by atoms with van der Waals surface area (Å²) < 4.78 is 5.45. The van der Waals surface area contributed by atoms with Gasteiger partial charge in [0.05, 0.1) is 0 Å². The zero-order valence-corrected chi connectivity index (χ0v) is 18.3. The third-order valence-electron chi connectivity index (χ3n) is 2.84. The van der Waals surface area contributed by atoms with Gasteiger partial charge in [-0.25, -0.2) is 4.79 Å². The van der Waals surface area contributed by atoms with Crippen LogP contribution in [0.2, 0.25) is 0 Å². The summed E-state index contributed by atoms with van der Waals surface area (Å²) in [6.07, 6.45) is 2.30. The smallest absolute Gasteiger partial charge is 0.410 e. The topological polar surface area (TPSA) is 66.0 Å². The molecule has 0 rings (SSSR count). The van der Waals surface area contributed by atoms with Gasteiger partial charge in [0.25, 0.3) is 0 Å². The van der Waals surface area contributed by atoms with Gasteiger partial charge in [0.2, 0.25) is 0 Å². The van der Waals surface area contributed by atoms with E-state index in [1.165, 1.54) is 0 Å². The Hall–Kier alpha value is -0.990. The molecule has 0 aromatic rings. The highest BCUT2D eigenvalue weighted by molar-refractivity contribution is 14.0. The van der Waals surface area contributed by atoms with E-state index < -0.39 is 5.60 Å². The maximum absolute atomic E-state index is 12.2. The van der Waals surface area contributed by atoms with Crippen LogP contribution in [-0.2, 0) is 4.74 Å². The Morgan fingerprint density at radius 2 is 1.96 bits per heavy atom. The Balaban J connectivity index is 0. The van der Waals surface area contributed by atoms with E-state index >= 15 is 0 Å². The SMILES string of the molecule is C=CCNC(=NCCCN(C(=O)OC(C)(C)C)C(C)C)NCC.I. The van der Waals surface area contributed by atoms with Gasteiger partial charge in [0, 0.05) is 32.2 Å². The third-order valence-corrected chi connectivity index (χ3v) is 2.84. The van der Waals surface area contributed by atoms with E-state index in [-0.39, 0.29) is 36.1 Å². The van der Waals surface area contributed by atoms with Gasteiger partial charge in [-0.3, -0.25) is 4.99 Å². The average molecular weight is 454 g/mol. The lowest BCUT2D eigenvalue weighted by molar-refractivity contribution is 0.0190. The number of hydrogen-bond acceptors (Lipinski definition) is 3. The lowest BCUT2D eigenvalue weighted by atomic mass is 10.2. The molecule has 0 aliphatic rings. The molecule has 0 spiro atoms. The number of nitrogens with one attached hydrogen (secondary N) is 2. The molecule has 142 valence electrons. The van der Waals surface area contributed by atoms with Crippen molar-refractivity contribution >= 4 is 36.0 Å². The molecule has 0 atom stereocenters. The number of guanidine groups is 1. The van der Waals surface area contributed by atoms with Gasteiger partial charge in [0.1, 0.15) is 5.60 Å². The van der Waals surface area contributed by atoms with Gasteiger partial charge in [-0.2, -0.15) is 0 Å². The first kappa shape index (κ1) is 25.3. The number of rotatable bonds is 8. The van der Waals surface area contributed by atoms with Crippen molar-refractivity contribution in [2.45, 2.75) is 59.6 Å². The van der Waals surface area contributed by atoms with Crippen molar-refractivity contribution in [3.8, 4) is 0 Å². The highest BCUT2D eigenvalue weighted by atomic mass is 127. The maximum Gasteiger partial charge on any atom is 0.410 e. The molecule has 0 aliphatic carbocycles. The van der Waals surface area contributed by atoms with Crippen LogP contribution in [0.1, 0.15) is 48.0 Å². The second-order valence-electron chi connectivity index (χ2n) is 6.55. The van der Waals surface area contributed by atoms with Crippen LogP contribution < -0.4 is 10.6 Å².